The van der Waals surface area contributed by atoms with Gasteiger partial charge in [0, 0.05) is 0 Å². The minimum atomic E-state index is -0.983. The third kappa shape index (κ3) is 1.90. The van der Waals surface area contributed by atoms with Crippen molar-refractivity contribution in [2.75, 3.05) is 6.61 Å². The molecule has 1 aromatic rings. The molecule has 0 unspecified atom stereocenters. The summed E-state index contributed by atoms with van der Waals surface area (Å²) < 4.78 is 0. The van der Waals surface area contributed by atoms with E-state index in [2.05, 4.69) is 5.32 Å². The van der Waals surface area contributed by atoms with Crippen LogP contribution in [0.4, 0.5) is 0 Å². The molecular weight excluding hydrogens is 210 g/mol. The first kappa shape index (κ1) is 11.3. The van der Waals surface area contributed by atoms with E-state index in [1.165, 1.54) is 12.1 Å². The van der Waals surface area contributed by atoms with E-state index in [9.17, 15) is 10.2 Å². The minimum absolute atomic E-state index is 0.149. The van der Waals surface area contributed by atoms with Crippen LogP contribution < -0.4 is 5.32 Å². The van der Waals surface area contributed by atoms with Gasteiger partial charge >= 0.3 is 0 Å². The largest absolute Gasteiger partial charge is 0.508 e. The van der Waals surface area contributed by atoms with Crippen LogP contribution >= 0.6 is 0 Å². The number of aromatic hydroxyl groups is 1. The average Bonchev–Trinajstić information content (AvgIpc) is 2.57. The molecule has 0 saturated carbocycles. The van der Waals surface area contributed by atoms with Crippen LogP contribution in [0.15, 0.2) is 24.3 Å². The third-order valence-corrected chi connectivity index (χ3v) is 2.95. The lowest BCUT2D eigenvalue weighted by atomic mass is 10.0. The van der Waals surface area contributed by atoms with Crippen molar-refractivity contribution in [1.82, 2.24) is 5.32 Å². The van der Waals surface area contributed by atoms with Crippen molar-refractivity contribution in [1.29, 1.82) is 0 Å². The van der Waals surface area contributed by atoms with Crippen molar-refractivity contribution >= 4 is 0 Å². The van der Waals surface area contributed by atoms with Crippen molar-refractivity contribution in [3.8, 4) is 5.75 Å². The van der Waals surface area contributed by atoms with Gasteiger partial charge in [-0.2, -0.15) is 0 Å². The van der Waals surface area contributed by atoms with Crippen LogP contribution in [-0.2, 0) is 0 Å². The van der Waals surface area contributed by atoms with Gasteiger partial charge in [0.05, 0.1) is 24.8 Å². The number of phenols is 1. The summed E-state index contributed by atoms with van der Waals surface area (Å²) in [5.74, 6) is 0.149. The molecule has 0 bridgehead atoms. The van der Waals surface area contributed by atoms with Gasteiger partial charge in [0.15, 0.2) is 0 Å². The Kier molecular flexibility index (Phi) is 3.11. The fraction of sp³-hybridized carbons (Fsp3) is 0.455. The van der Waals surface area contributed by atoms with E-state index in [-0.39, 0.29) is 12.4 Å². The molecule has 0 amide bonds. The van der Waals surface area contributed by atoms with E-state index in [1.54, 1.807) is 12.1 Å². The van der Waals surface area contributed by atoms with Crippen molar-refractivity contribution < 1.29 is 20.4 Å². The van der Waals surface area contributed by atoms with Gasteiger partial charge in [0.25, 0.3) is 0 Å². The predicted molar refractivity (Wildman–Crippen MR) is 56.9 cm³/mol. The third-order valence-electron chi connectivity index (χ3n) is 2.95. The number of hydrogen-bond acceptors (Lipinski definition) is 5. The molecule has 1 saturated heterocycles. The second-order valence-corrected chi connectivity index (χ2v) is 4.01. The molecular formula is C11H15NO4. The second kappa shape index (κ2) is 4.39. The van der Waals surface area contributed by atoms with E-state index < -0.39 is 24.3 Å². The van der Waals surface area contributed by atoms with Gasteiger partial charge in [-0.05, 0) is 17.7 Å². The van der Waals surface area contributed by atoms with E-state index in [0.29, 0.717) is 0 Å². The van der Waals surface area contributed by atoms with Crippen LogP contribution in [0.2, 0.25) is 0 Å². The quantitative estimate of drug-likeness (QED) is 0.451. The fourth-order valence-electron chi connectivity index (χ4n) is 2.00. The van der Waals surface area contributed by atoms with Gasteiger partial charge in [-0.25, -0.2) is 0 Å². The van der Waals surface area contributed by atoms with Gasteiger partial charge in [0.2, 0.25) is 0 Å². The molecule has 0 spiro atoms. The summed E-state index contributed by atoms with van der Waals surface area (Å²) in [6, 6.07) is 5.43. The van der Waals surface area contributed by atoms with Crippen LogP contribution in [0.3, 0.4) is 0 Å². The van der Waals surface area contributed by atoms with Crippen molar-refractivity contribution in [3.05, 3.63) is 29.8 Å². The number of nitrogens with one attached hydrogen (secondary N) is 1. The van der Waals surface area contributed by atoms with Crippen molar-refractivity contribution in [2.24, 2.45) is 0 Å². The molecule has 5 heteroatoms. The summed E-state index contributed by atoms with van der Waals surface area (Å²) in [4.78, 5) is 0. The SMILES string of the molecule is OC[C@@H]1N[C@H](c2ccc(O)cc2)[C@H](O)[C@H]1O. The summed E-state index contributed by atoms with van der Waals surface area (Å²) in [7, 11) is 0. The zero-order valence-electron chi connectivity index (χ0n) is 8.61. The highest BCUT2D eigenvalue weighted by atomic mass is 16.3. The Balaban J connectivity index is 2.19. The molecule has 1 heterocycles. The first-order valence-corrected chi connectivity index (χ1v) is 5.15. The van der Waals surface area contributed by atoms with Crippen LogP contribution in [-0.4, -0.2) is 45.3 Å². The summed E-state index contributed by atoms with van der Waals surface area (Å²) in [6.07, 6.45) is -1.94. The molecule has 88 valence electrons. The van der Waals surface area contributed by atoms with Gasteiger partial charge in [-0.15, -0.1) is 0 Å². The highest BCUT2D eigenvalue weighted by Gasteiger charge is 2.41. The van der Waals surface area contributed by atoms with Crippen LogP contribution in [0.5, 0.6) is 5.75 Å². The fourth-order valence-corrected chi connectivity index (χ4v) is 2.00. The number of phenolic OH excluding ortho intramolecular Hbond substituents is 1. The lowest BCUT2D eigenvalue weighted by molar-refractivity contribution is 0.0194. The zero-order valence-corrected chi connectivity index (χ0v) is 8.61. The van der Waals surface area contributed by atoms with Crippen LogP contribution in [0, 0.1) is 0 Å². The first-order chi connectivity index (χ1) is 7.63. The molecule has 5 N–H and O–H groups in total. The number of aliphatic hydroxyl groups is 3. The molecule has 16 heavy (non-hydrogen) atoms. The second-order valence-electron chi connectivity index (χ2n) is 4.01. The maximum absolute atomic E-state index is 9.80. The van der Waals surface area contributed by atoms with E-state index in [1.807, 2.05) is 0 Å². The Bertz CT molecular complexity index is 354. The highest BCUT2D eigenvalue weighted by Crippen LogP contribution is 2.28. The maximum Gasteiger partial charge on any atom is 0.115 e. The molecule has 2 rings (SSSR count). The zero-order chi connectivity index (χ0) is 11.7. The smallest absolute Gasteiger partial charge is 0.115 e. The molecule has 5 nitrogen and oxygen atoms in total. The van der Waals surface area contributed by atoms with Crippen LogP contribution in [0.1, 0.15) is 11.6 Å². The molecule has 1 aromatic carbocycles. The lowest BCUT2D eigenvalue weighted by Gasteiger charge is -2.16. The predicted octanol–water partition coefficient (Wildman–Crippen LogP) is -0.881. The molecule has 0 aliphatic carbocycles. The molecule has 4 atom stereocenters. The highest BCUT2D eigenvalue weighted by molar-refractivity contribution is 5.30. The normalized spacial score (nSPS) is 34.2. The Morgan fingerprint density at radius 3 is 2.19 bits per heavy atom. The van der Waals surface area contributed by atoms with E-state index in [4.69, 9.17) is 10.2 Å². The molecule has 1 aliphatic heterocycles. The number of aliphatic hydroxyl groups excluding tert-OH is 3. The van der Waals surface area contributed by atoms with Gasteiger partial charge in [-0.1, -0.05) is 12.1 Å². The summed E-state index contributed by atoms with van der Waals surface area (Å²) in [5.41, 5.74) is 0.764. The Morgan fingerprint density at radius 1 is 1.06 bits per heavy atom. The monoisotopic (exact) mass is 225 g/mol. The summed E-state index contributed by atoms with van der Waals surface area (Å²) >= 11 is 0. The molecule has 0 radical (unpaired) electrons. The Labute approximate surface area is 93.0 Å². The lowest BCUT2D eigenvalue weighted by Crippen LogP contribution is -2.35. The minimum Gasteiger partial charge on any atom is -0.508 e. The number of hydrogen-bond donors (Lipinski definition) is 5. The van der Waals surface area contributed by atoms with E-state index in [0.717, 1.165) is 5.56 Å². The summed E-state index contributed by atoms with van der Waals surface area (Å²) in [5, 5.41) is 40.5. The standard InChI is InChI=1S/C11H15NO4/c13-5-8-10(15)11(16)9(12-8)6-1-3-7(14)4-2-6/h1-4,8-16H,5H2/t8-,9+,10-,11-/m0/s1. The molecule has 0 aromatic heterocycles. The number of benzene rings is 1. The van der Waals surface area contributed by atoms with Crippen LogP contribution in [0.25, 0.3) is 0 Å². The van der Waals surface area contributed by atoms with Crippen molar-refractivity contribution in [3.63, 3.8) is 0 Å². The maximum atomic E-state index is 9.80. The average molecular weight is 225 g/mol. The van der Waals surface area contributed by atoms with Crippen molar-refractivity contribution in [2.45, 2.75) is 24.3 Å². The molecule has 1 fully saturated rings. The first-order valence-electron chi connectivity index (χ1n) is 5.15. The Morgan fingerprint density at radius 2 is 1.69 bits per heavy atom. The van der Waals surface area contributed by atoms with Gasteiger partial charge in [0.1, 0.15) is 11.9 Å². The summed E-state index contributed by atoms with van der Waals surface area (Å²) in [6.45, 7) is -0.229. The Hall–Kier alpha value is -1.14. The number of rotatable bonds is 2. The van der Waals surface area contributed by atoms with Gasteiger partial charge in [-0.3, -0.25) is 0 Å². The molecule has 1 aliphatic rings. The van der Waals surface area contributed by atoms with E-state index >= 15 is 0 Å². The van der Waals surface area contributed by atoms with Gasteiger partial charge < -0.3 is 25.7 Å². The topological polar surface area (TPSA) is 93.0 Å².